The van der Waals surface area contributed by atoms with Gasteiger partial charge in [0.25, 0.3) is 0 Å². The van der Waals surface area contributed by atoms with E-state index in [0.29, 0.717) is 18.8 Å². The van der Waals surface area contributed by atoms with Gasteiger partial charge in [0.05, 0.1) is 25.3 Å². The van der Waals surface area contributed by atoms with Gasteiger partial charge in [-0.05, 0) is 13.8 Å². The highest BCUT2D eigenvalue weighted by molar-refractivity contribution is 7.09. The molecule has 0 bridgehead atoms. The van der Waals surface area contributed by atoms with Gasteiger partial charge in [0, 0.05) is 18.5 Å². The van der Waals surface area contributed by atoms with E-state index in [2.05, 4.69) is 4.98 Å². The normalized spacial score (nSPS) is 19.9. The first-order valence-electron chi connectivity index (χ1n) is 7.19. The summed E-state index contributed by atoms with van der Waals surface area (Å²) >= 11 is 1.47. The van der Waals surface area contributed by atoms with Crippen LogP contribution in [0.15, 0.2) is 5.38 Å². The highest BCUT2D eigenvalue weighted by Gasteiger charge is 2.29. The SMILES string of the molecule is CCOC(C)c1nc(CC(=O)N2CCOC(C(=O)O)C2)cs1. The van der Waals surface area contributed by atoms with Gasteiger partial charge in [0.1, 0.15) is 11.1 Å². The van der Waals surface area contributed by atoms with E-state index < -0.39 is 12.1 Å². The van der Waals surface area contributed by atoms with Gasteiger partial charge in [-0.15, -0.1) is 11.3 Å². The Hall–Kier alpha value is -1.51. The van der Waals surface area contributed by atoms with Crippen LogP contribution in [0.3, 0.4) is 0 Å². The van der Waals surface area contributed by atoms with Crippen LogP contribution in [0.5, 0.6) is 0 Å². The Morgan fingerprint density at radius 3 is 3.09 bits per heavy atom. The fraction of sp³-hybridized carbons (Fsp3) is 0.643. The Labute approximate surface area is 132 Å². The summed E-state index contributed by atoms with van der Waals surface area (Å²) in [5.74, 6) is -1.17. The van der Waals surface area contributed by atoms with E-state index in [4.69, 9.17) is 14.6 Å². The number of carboxylic acids is 1. The highest BCUT2D eigenvalue weighted by Crippen LogP contribution is 2.21. The predicted octanol–water partition coefficient (Wildman–Crippen LogP) is 1.10. The lowest BCUT2D eigenvalue weighted by Gasteiger charge is -2.30. The Morgan fingerprint density at radius 1 is 1.64 bits per heavy atom. The van der Waals surface area contributed by atoms with E-state index in [0.717, 1.165) is 5.01 Å². The number of hydrogen-bond acceptors (Lipinski definition) is 6. The van der Waals surface area contributed by atoms with Gasteiger partial charge in [0.2, 0.25) is 5.91 Å². The zero-order chi connectivity index (χ0) is 16.1. The van der Waals surface area contributed by atoms with Gasteiger partial charge in [0.15, 0.2) is 6.10 Å². The van der Waals surface area contributed by atoms with Crippen molar-refractivity contribution in [2.45, 2.75) is 32.5 Å². The number of aromatic nitrogens is 1. The summed E-state index contributed by atoms with van der Waals surface area (Å²) in [5.41, 5.74) is 0.690. The Balaban J connectivity index is 1.93. The van der Waals surface area contributed by atoms with Crippen molar-refractivity contribution in [1.29, 1.82) is 0 Å². The summed E-state index contributed by atoms with van der Waals surface area (Å²) < 4.78 is 10.6. The fourth-order valence-electron chi connectivity index (χ4n) is 2.20. The second-order valence-corrected chi connectivity index (χ2v) is 5.88. The van der Waals surface area contributed by atoms with Crippen molar-refractivity contribution in [3.05, 3.63) is 16.1 Å². The second-order valence-electron chi connectivity index (χ2n) is 4.99. The van der Waals surface area contributed by atoms with Crippen molar-refractivity contribution in [3.63, 3.8) is 0 Å². The molecule has 1 aliphatic rings. The molecule has 0 aliphatic carbocycles. The topological polar surface area (TPSA) is 89.0 Å². The van der Waals surface area contributed by atoms with Gasteiger partial charge in [-0.1, -0.05) is 0 Å². The van der Waals surface area contributed by atoms with Crippen molar-refractivity contribution in [2.75, 3.05) is 26.3 Å². The van der Waals surface area contributed by atoms with Crippen LogP contribution in [0.2, 0.25) is 0 Å². The molecule has 1 aromatic heterocycles. The maximum Gasteiger partial charge on any atom is 0.334 e. The number of rotatable bonds is 6. The molecule has 122 valence electrons. The molecular formula is C14H20N2O5S. The molecule has 2 unspecified atom stereocenters. The van der Waals surface area contributed by atoms with E-state index >= 15 is 0 Å². The molecule has 8 heteroatoms. The number of aliphatic carboxylic acids is 1. The van der Waals surface area contributed by atoms with Gasteiger partial charge in [-0.3, -0.25) is 4.79 Å². The first-order valence-corrected chi connectivity index (χ1v) is 8.07. The van der Waals surface area contributed by atoms with Gasteiger partial charge < -0.3 is 19.5 Å². The van der Waals surface area contributed by atoms with Crippen molar-refractivity contribution < 1.29 is 24.2 Å². The smallest absolute Gasteiger partial charge is 0.334 e. The van der Waals surface area contributed by atoms with Crippen molar-refractivity contribution in [2.24, 2.45) is 0 Å². The molecule has 1 aliphatic heterocycles. The minimum absolute atomic E-state index is 0.0838. The first-order chi connectivity index (χ1) is 10.5. The number of ether oxygens (including phenoxy) is 2. The number of nitrogens with zero attached hydrogens (tertiary/aromatic N) is 2. The maximum atomic E-state index is 12.3. The maximum absolute atomic E-state index is 12.3. The second kappa shape index (κ2) is 7.66. The quantitative estimate of drug-likeness (QED) is 0.841. The third-order valence-corrected chi connectivity index (χ3v) is 4.42. The summed E-state index contributed by atoms with van der Waals surface area (Å²) in [6, 6.07) is 0. The lowest BCUT2D eigenvalue weighted by molar-refractivity contribution is -0.159. The predicted molar refractivity (Wildman–Crippen MR) is 79.8 cm³/mol. The fourth-order valence-corrected chi connectivity index (χ4v) is 3.03. The average Bonchev–Trinajstić information content (AvgIpc) is 2.96. The Morgan fingerprint density at radius 2 is 2.41 bits per heavy atom. The molecule has 1 aromatic rings. The van der Waals surface area contributed by atoms with Crippen LogP contribution in [0.1, 0.15) is 30.7 Å². The molecule has 7 nitrogen and oxygen atoms in total. The van der Waals surface area contributed by atoms with Crippen LogP contribution in [-0.4, -0.2) is 59.3 Å². The van der Waals surface area contributed by atoms with Gasteiger partial charge in [-0.2, -0.15) is 0 Å². The lowest BCUT2D eigenvalue weighted by Crippen LogP contribution is -2.49. The Kier molecular flexibility index (Phi) is 5.87. The summed E-state index contributed by atoms with van der Waals surface area (Å²) in [7, 11) is 0. The van der Waals surface area contributed by atoms with E-state index in [1.54, 1.807) is 0 Å². The van der Waals surface area contributed by atoms with Crippen LogP contribution in [0.4, 0.5) is 0 Å². The molecule has 1 fully saturated rings. The minimum atomic E-state index is -1.04. The number of amides is 1. The zero-order valence-electron chi connectivity index (χ0n) is 12.7. The number of morpholine rings is 1. The molecular weight excluding hydrogens is 308 g/mol. The van der Waals surface area contributed by atoms with Gasteiger partial charge in [-0.25, -0.2) is 9.78 Å². The van der Waals surface area contributed by atoms with Crippen LogP contribution < -0.4 is 0 Å². The van der Waals surface area contributed by atoms with Crippen molar-refractivity contribution in [1.82, 2.24) is 9.88 Å². The molecule has 1 N–H and O–H groups in total. The van der Waals surface area contributed by atoms with Crippen LogP contribution >= 0.6 is 11.3 Å². The molecule has 0 radical (unpaired) electrons. The van der Waals surface area contributed by atoms with Crippen LogP contribution in [0.25, 0.3) is 0 Å². The molecule has 2 rings (SSSR count). The first kappa shape index (κ1) is 16.9. The van der Waals surface area contributed by atoms with E-state index in [1.165, 1.54) is 16.2 Å². The summed E-state index contributed by atoms with van der Waals surface area (Å²) in [6.45, 7) is 5.19. The molecule has 0 saturated carbocycles. The average molecular weight is 328 g/mol. The third-order valence-electron chi connectivity index (χ3n) is 3.36. The van der Waals surface area contributed by atoms with Gasteiger partial charge >= 0.3 is 5.97 Å². The summed E-state index contributed by atoms with van der Waals surface area (Å²) in [5, 5.41) is 11.6. The standard InChI is InChI=1S/C14H20N2O5S/c1-3-20-9(2)13-15-10(8-22-13)6-12(17)16-4-5-21-11(7-16)14(18)19/h8-9,11H,3-7H2,1-2H3,(H,18,19). The molecule has 2 heterocycles. The molecule has 1 amide bonds. The number of carboxylic acid groups (broad SMARTS) is 1. The molecule has 0 aromatic carbocycles. The summed E-state index contributed by atoms with van der Waals surface area (Å²) in [6.07, 6.45) is -0.859. The van der Waals surface area contributed by atoms with Crippen molar-refractivity contribution in [3.8, 4) is 0 Å². The monoisotopic (exact) mass is 328 g/mol. The number of carbonyl (C=O) groups excluding carboxylic acids is 1. The van der Waals surface area contributed by atoms with Crippen molar-refractivity contribution >= 4 is 23.2 Å². The number of hydrogen-bond donors (Lipinski definition) is 1. The van der Waals surface area contributed by atoms with Crippen LogP contribution in [-0.2, 0) is 25.5 Å². The summed E-state index contributed by atoms with van der Waals surface area (Å²) in [4.78, 5) is 29.1. The number of carbonyl (C=O) groups is 2. The molecule has 0 spiro atoms. The Bertz CT molecular complexity index is 533. The number of thiazole rings is 1. The molecule has 22 heavy (non-hydrogen) atoms. The molecule has 1 saturated heterocycles. The molecule has 2 atom stereocenters. The van der Waals surface area contributed by atoms with E-state index in [9.17, 15) is 9.59 Å². The third kappa shape index (κ3) is 4.25. The minimum Gasteiger partial charge on any atom is -0.479 e. The largest absolute Gasteiger partial charge is 0.479 e. The lowest BCUT2D eigenvalue weighted by atomic mass is 10.2. The van der Waals surface area contributed by atoms with E-state index in [-0.39, 0.29) is 31.6 Å². The van der Waals surface area contributed by atoms with E-state index in [1.807, 2.05) is 19.2 Å². The highest BCUT2D eigenvalue weighted by atomic mass is 32.1. The zero-order valence-corrected chi connectivity index (χ0v) is 13.5. The van der Waals surface area contributed by atoms with Crippen LogP contribution in [0, 0.1) is 0 Å².